The third-order valence-corrected chi connectivity index (χ3v) is 3.50. The molecule has 0 aliphatic carbocycles. The molecule has 1 aliphatic rings. The molecule has 1 atom stereocenters. The van der Waals surface area contributed by atoms with Gasteiger partial charge in [-0.05, 0) is 46.6 Å². The lowest BCUT2D eigenvalue weighted by molar-refractivity contribution is -0.140. The van der Waals surface area contributed by atoms with Gasteiger partial charge in [0.15, 0.2) is 0 Å². The van der Waals surface area contributed by atoms with Crippen molar-refractivity contribution in [3.8, 4) is 0 Å². The van der Waals surface area contributed by atoms with E-state index in [0.717, 1.165) is 25.8 Å². The lowest BCUT2D eigenvalue weighted by Crippen LogP contribution is -2.56. The maximum atomic E-state index is 12.5. The summed E-state index contributed by atoms with van der Waals surface area (Å²) >= 11 is 0. The van der Waals surface area contributed by atoms with Crippen molar-refractivity contribution in [3.05, 3.63) is 0 Å². The highest BCUT2D eigenvalue weighted by molar-refractivity contribution is 5.90. The second-order valence-corrected chi connectivity index (χ2v) is 6.43. The number of carbonyl (C=O) groups excluding carboxylic acids is 2. The first kappa shape index (κ1) is 19.2. The molecule has 1 fully saturated rings. The molecule has 6 heteroatoms. The fourth-order valence-electron chi connectivity index (χ4n) is 2.55. The molecule has 1 aliphatic heterocycles. The molecule has 1 saturated heterocycles. The Balaban J connectivity index is 0.00000361. The van der Waals surface area contributed by atoms with E-state index in [0.29, 0.717) is 0 Å². The van der Waals surface area contributed by atoms with Gasteiger partial charge in [-0.25, -0.2) is 0 Å². The molecule has 0 saturated carbocycles. The number of carbonyl (C=O) groups is 2. The van der Waals surface area contributed by atoms with Crippen LogP contribution >= 0.6 is 12.4 Å². The quantitative estimate of drug-likeness (QED) is 0.823. The molecule has 0 aromatic rings. The zero-order chi connectivity index (χ0) is 14.7. The van der Waals surface area contributed by atoms with Crippen LogP contribution in [0.5, 0.6) is 0 Å². The predicted molar refractivity (Wildman–Crippen MR) is 83.0 cm³/mol. The lowest BCUT2D eigenvalue weighted by atomic mass is 9.92. The minimum atomic E-state index is -0.462. The van der Waals surface area contributed by atoms with E-state index in [2.05, 4.69) is 10.6 Å². The van der Waals surface area contributed by atoms with Crippen LogP contribution < -0.4 is 10.6 Å². The van der Waals surface area contributed by atoms with Crippen molar-refractivity contribution in [1.82, 2.24) is 15.5 Å². The summed E-state index contributed by atoms with van der Waals surface area (Å²) in [5.74, 6) is -0.0934. The summed E-state index contributed by atoms with van der Waals surface area (Å²) in [6.45, 7) is 8.79. The summed E-state index contributed by atoms with van der Waals surface area (Å²) in [6, 6.07) is 0. The monoisotopic (exact) mass is 305 g/mol. The van der Waals surface area contributed by atoms with Crippen LogP contribution in [0, 0.1) is 0 Å². The highest BCUT2D eigenvalue weighted by atomic mass is 35.5. The maximum absolute atomic E-state index is 12.5. The molecule has 5 nitrogen and oxygen atoms in total. The summed E-state index contributed by atoms with van der Waals surface area (Å²) in [6.07, 6.45) is 2.63. The highest BCUT2D eigenvalue weighted by Gasteiger charge is 2.41. The Labute approximate surface area is 128 Å². The fraction of sp³-hybridized carbons (Fsp3) is 0.857. The van der Waals surface area contributed by atoms with Gasteiger partial charge < -0.3 is 15.5 Å². The molecule has 2 N–H and O–H groups in total. The van der Waals surface area contributed by atoms with Crippen molar-refractivity contribution in [2.24, 2.45) is 0 Å². The minimum Gasteiger partial charge on any atom is -0.350 e. The molecule has 0 spiro atoms. The first-order valence-corrected chi connectivity index (χ1v) is 7.02. The van der Waals surface area contributed by atoms with Crippen LogP contribution in [0.15, 0.2) is 0 Å². The van der Waals surface area contributed by atoms with E-state index in [-0.39, 0.29) is 36.3 Å². The van der Waals surface area contributed by atoms with E-state index in [4.69, 9.17) is 0 Å². The van der Waals surface area contributed by atoms with E-state index < -0.39 is 5.54 Å². The smallest absolute Gasteiger partial charge is 0.243 e. The zero-order valence-corrected chi connectivity index (χ0v) is 14.0. The number of nitrogens with zero attached hydrogens (tertiary/aromatic N) is 1. The third kappa shape index (κ3) is 4.94. The molecule has 1 heterocycles. The topological polar surface area (TPSA) is 61.4 Å². The Kier molecular flexibility index (Phi) is 6.98. The van der Waals surface area contributed by atoms with Gasteiger partial charge in [0.2, 0.25) is 11.8 Å². The van der Waals surface area contributed by atoms with Crippen molar-refractivity contribution in [1.29, 1.82) is 0 Å². The molecule has 1 unspecified atom stereocenters. The van der Waals surface area contributed by atoms with E-state index >= 15 is 0 Å². The molecule has 118 valence electrons. The number of halogens is 1. The standard InChI is InChI=1S/C14H27N3O2.ClH/c1-6-14(8-7-9-15-14)12(19)17(5)10-11(18)16-13(2,3)4;/h15H,6-10H2,1-5H3,(H,16,18);1H. The molecule has 0 radical (unpaired) electrons. The predicted octanol–water partition coefficient (Wildman–Crippen LogP) is 1.31. The SMILES string of the molecule is CCC1(C(=O)N(C)CC(=O)NC(C)(C)C)CCCN1.Cl. The minimum absolute atomic E-state index is 0. The normalized spacial score (nSPS) is 22.1. The van der Waals surface area contributed by atoms with E-state index in [1.165, 1.54) is 4.90 Å². The van der Waals surface area contributed by atoms with Gasteiger partial charge in [0.05, 0.1) is 12.1 Å². The zero-order valence-electron chi connectivity index (χ0n) is 13.2. The van der Waals surface area contributed by atoms with Crippen LogP contribution in [0.4, 0.5) is 0 Å². The molecular weight excluding hydrogens is 278 g/mol. The average molecular weight is 306 g/mol. The maximum Gasteiger partial charge on any atom is 0.243 e. The fourth-order valence-corrected chi connectivity index (χ4v) is 2.55. The van der Waals surface area contributed by atoms with Gasteiger partial charge in [-0.2, -0.15) is 0 Å². The highest BCUT2D eigenvalue weighted by Crippen LogP contribution is 2.24. The van der Waals surface area contributed by atoms with Gasteiger partial charge in [0.25, 0.3) is 0 Å². The first-order chi connectivity index (χ1) is 8.70. The van der Waals surface area contributed by atoms with Crippen LogP contribution in [-0.4, -0.2) is 47.9 Å². The molecule has 20 heavy (non-hydrogen) atoms. The largest absolute Gasteiger partial charge is 0.350 e. The van der Waals surface area contributed by atoms with Crippen LogP contribution in [0.25, 0.3) is 0 Å². The van der Waals surface area contributed by atoms with Crippen LogP contribution in [0.2, 0.25) is 0 Å². The number of amides is 2. The van der Waals surface area contributed by atoms with Crippen molar-refractivity contribution < 1.29 is 9.59 Å². The first-order valence-electron chi connectivity index (χ1n) is 7.02. The van der Waals surface area contributed by atoms with E-state index in [1.807, 2.05) is 27.7 Å². The molecular formula is C14H28ClN3O2. The number of hydrogen-bond acceptors (Lipinski definition) is 3. The summed E-state index contributed by atoms with van der Waals surface area (Å²) < 4.78 is 0. The van der Waals surface area contributed by atoms with Crippen LogP contribution in [0.3, 0.4) is 0 Å². The van der Waals surface area contributed by atoms with Gasteiger partial charge in [-0.1, -0.05) is 6.92 Å². The van der Waals surface area contributed by atoms with Gasteiger partial charge in [-0.15, -0.1) is 12.4 Å². The second kappa shape index (κ2) is 7.27. The number of nitrogens with one attached hydrogen (secondary N) is 2. The van der Waals surface area contributed by atoms with Crippen molar-refractivity contribution in [3.63, 3.8) is 0 Å². The summed E-state index contributed by atoms with van der Waals surface area (Å²) in [7, 11) is 1.70. The van der Waals surface area contributed by atoms with Gasteiger partial charge >= 0.3 is 0 Å². The summed E-state index contributed by atoms with van der Waals surface area (Å²) in [5, 5.41) is 6.17. The Morgan fingerprint density at radius 3 is 2.35 bits per heavy atom. The third-order valence-electron chi connectivity index (χ3n) is 3.50. The Morgan fingerprint density at radius 2 is 1.95 bits per heavy atom. The van der Waals surface area contributed by atoms with E-state index in [1.54, 1.807) is 7.05 Å². The molecule has 0 aromatic carbocycles. The lowest BCUT2D eigenvalue weighted by Gasteiger charge is -2.32. The number of likely N-dealkylation sites (N-methyl/N-ethyl adjacent to an activating group) is 1. The Bertz CT molecular complexity index is 347. The number of hydrogen-bond donors (Lipinski definition) is 2. The Morgan fingerprint density at radius 1 is 1.35 bits per heavy atom. The van der Waals surface area contributed by atoms with Crippen LogP contribution in [-0.2, 0) is 9.59 Å². The van der Waals surface area contributed by atoms with Crippen molar-refractivity contribution >= 4 is 24.2 Å². The summed E-state index contributed by atoms with van der Waals surface area (Å²) in [4.78, 5) is 25.9. The molecule has 1 rings (SSSR count). The summed E-state index contributed by atoms with van der Waals surface area (Å²) in [5.41, 5.74) is -0.730. The van der Waals surface area contributed by atoms with Crippen molar-refractivity contribution in [2.45, 2.75) is 58.0 Å². The van der Waals surface area contributed by atoms with E-state index in [9.17, 15) is 9.59 Å². The van der Waals surface area contributed by atoms with Gasteiger partial charge in [0.1, 0.15) is 0 Å². The average Bonchev–Trinajstić information content (AvgIpc) is 2.74. The molecule has 2 amide bonds. The van der Waals surface area contributed by atoms with Crippen LogP contribution in [0.1, 0.15) is 47.0 Å². The molecule has 0 bridgehead atoms. The van der Waals surface area contributed by atoms with Crippen molar-refractivity contribution in [2.75, 3.05) is 20.1 Å². The van der Waals surface area contributed by atoms with Gasteiger partial charge in [-0.3, -0.25) is 9.59 Å². The molecule has 0 aromatic heterocycles. The Hall–Kier alpha value is -0.810. The second-order valence-electron chi connectivity index (χ2n) is 6.43. The van der Waals surface area contributed by atoms with Gasteiger partial charge in [0, 0.05) is 12.6 Å². The number of rotatable bonds is 4.